The molecule has 1 aromatic heterocycles. The maximum atomic E-state index is 12.3. The molecule has 0 fully saturated rings. The Bertz CT molecular complexity index is 641. The van der Waals surface area contributed by atoms with Crippen molar-refractivity contribution in [1.29, 1.82) is 0 Å². The summed E-state index contributed by atoms with van der Waals surface area (Å²) in [5.41, 5.74) is 0. The van der Waals surface area contributed by atoms with Crippen LogP contribution < -0.4 is 4.72 Å². The minimum absolute atomic E-state index is 0.0710. The summed E-state index contributed by atoms with van der Waals surface area (Å²) in [6.07, 6.45) is 3.82. The van der Waals surface area contributed by atoms with Crippen molar-refractivity contribution in [1.82, 2.24) is 14.7 Å². The molecule has 2 rings (SSSR count). The van der Waals surface area contributed by atoms with Crippen LogP contribution in [0.15, 0.2) is 41.6 Å². The Labute approximate surface area is 117 Å². The van der Waals surface area contributed by atoms with Crippen LogP contribution in [0, 0.1) is 0 Å². The first kappa shape index (κ1) is 14.0. The summed E-state index contributed by atoms with van der Waals surface area (Å²) in [5, 5.41) is 0.198. The molecule has 1 aromatic carbocycles. The number of aromatic nitrogens is 2. The molecule has 19 heavy (non-hydrogen) atoms. The molecular weight excluding hydrogens is 286 g/mol. The lowest BCUT2D eigenvalue weighted by atomic mass is 10.2. The number of hydrogen-bond acceptors (Lipinski definition) is 3. The van der Waals surface area contributed by atoms with Crippen LogP contribution in [0.25, 0.3) is 0 Å². The lowest BCUT2D eigenvalue weighted by molar-refractivity contribution is 0.539. The number of nitrogens with one attached hydrogen (secondary N) is 2. The molecule has 7 heteroatoms. The van der Waals surface area contributed by atoms with Crippen LogP contribution in [0.1, 0.15) is 25.2 Å². The monoisotopic (exact) mass is 299 g/mol. The molecule has 0 spiro atoms. The zero-order valence-corrected chi connectivity index (χ0v) is 11.9. The first-order chi connectivity index (χ1) is 9.04. The van der Waals surface area contributed by atoms with E-state index in [9.17, 15) is 8.42 Å². The van der Waals surface area contributed by atoms with E-state index >= 15 is 0 Å². The minimum atomic E-state index is -3.67. The van der Waals surface area contributed by atoms with Crippen molar-refractivity contribution in [2.24, 2.45) is 0 Å². The molecule has 102 valence electrons. The van der Waals surface area contributed by atoms with Gasteiger partial charge in [-0.1, -0.05) is 30.7 Å². The molecule has 0 aliphatic heterocycles. The lowest BCUT2D eigenvalue weighted by Gasteiger charge is -2.15. The van der Waals surface area contributed by atoms with Gasteiger partial charge in [0.2, 0.25) is 10.0 Å². The van der Waals surface area contributed by atoms with Gasteiger partial charge in [-0.2, -0.15) is 0 Å². The highest BCUT2D eigenvalue weighted by atomic mass is 35.5. The van der Waals surface area contributed by atoms with E-state index in [1.165, 1.54) is 6.07 Å². The van der Waals surface area contributed by atoms with Crippen LogP contribution in [0.5, 0.6) is 0 Å². The number of aromatic amines is 1. The smallest absolute Gasteiger partial charge is 0.242 e. The molecule has 0 radical (unpaired) electrons. The summed E-state index contributed by atoms with van der Waals surface area (Å²) < 4.78 is 27.2. The normalized spacial score (nSPS) is 13.4. The topological polar surface area (TPSA) is 74.8 Å². The summed E-state index contributed by atoms with van der Waals surface area (Å²) in [6, 6.07) is 5.93. The first-order valence-corrected chi connectivity index (χ1v) is 7.67. The van der Waals surface area contributed by atoms with Crippen molar-refractivity contribution in [2.45, 2.75) is 24.3 Å². The second-order valence-electron chi connectivity index (χ2n) is 3.99. The van der Waals surface area contributed by atoms with Gasteiger partial charge >= 0.3 is 0 Å². The van der Waals surface area contributed by atoms with Crippen molar-refractivity contribution in [3.63, 3.8) is 0 Å². The molecule has 2 N–H and O–H groups in total. The average Bonchev–Trinajstić information content (AvgIpc) is 2.90. The van der Waals surface area contributed by atoms with Crippen molar-refractivity contribution in [2.75, 3.05) is 0 Å². The Kier molecular flexibility index (Phi) is 4.24. The van der Waals surface area contributed by atoms with Gasteiger partial charge in [0.1, 0.15) is 10.7 Å². The summed E-state index contributed by atoms with van der Waals surface area (Å²) in [4.78, 5) is 7.05. The Hall–Kier alpha value is -1.37. The Morgan fingerprint density at radius 2 is 2.16 bits per heavy atom. The SMILES string of the molecule is CCC(NS(=O)(=O)c1ccccc1Cl)c1ncc[nH]1. The van der Waals surface area contributed by atoms with Crippen LogP contribution in [0.3, 0.4) is 0 Å². The number of halogens is 1. The summed E-state index contributed by atoms with van der Waals surface area (Å²) >= 11 is 5.92. The standard InChI is InChI=1S/C12H14ClN3O2S/c1-2-10(12-14-7-8-15-12)16-19(17,18)11-6-4-3-5-9(11)13/h3-8,10,16H,2H2,1H3,(H,14,15). The molecule has 0 aliphatic rings. The van der Waals surface area contributed by atoms with E-state index in [-0.39, 0.29) is 9.92 Å². The molecule has 5 nitrogen and oxygen atoms in total. The van der Waals surface area contributed by atoms with Crippen LogP contribution in [0.4, 0.5) is 0 Å². The zero-order chi connectivity index (χ0) is 13.9. The highest BCUT2D eigenvalue weighted by Crippen LogP contribution is 2.23. The van der Waals surface area contributed by atoms with Gasteiger partial charge < -0.3 is 4.98 Å². The fraction of sp³-hybridized carbons (Fsp3) is 0.250. The van der Waals surface area contributed by atoms with Gasteiger partial charge in [0.05, 0.1) is 11.1 Å². The fourth-order valence-corrected chi connectivity index (χ4v) is 3.52. The van der Waals surface area contributed by atoms with E-state index in [1.54, 1.807) is 30.6 Å². The predicted octanol–water partition coefficient (Wildman–Crippen LogP) is 2.49. The zero-order valence-electron chi connectivity index (χ0n) is 10.3. The number of nitrogens with zero attached hydrogens (tertiary/aromatic N) is 1. The van der Waals surface area contributed by atoms with Crippen molar-refractivity contribution in [3.05, 3.63) is 47.5 Å². The summed E-state index contributed by atoms with van der Waals surface area (Å²) in [7, 11) is -3.67. The van der Waals surface area contributed by atoms with Crippen molar-refractivity contribution in [3.8, 4) is 0 Å². The Balaban J connectivity index is 2.29. The van der Waals surface area contributed by atoms with Crippen molar-refractivity contribution >= 4 is 21.6 Å². The molecule has 1 heterocycles. The number of imidazole rings is 1. The highest BCUT2D eigenvalue weighted by molar-refractivity contribution is 7.89. The number of hydrogen-bond donors (Lipinski definition) is 2. The number of H-pyrrole nitrogens is 1. The van der Waals surface area contributed by atoms with Gasteiger partial charge in [0.25, 0.3) is 0 Å². The third-order valence-corrected chi connectivity index (χ3v) is 4.65. The van der Waals surface area contributed by atoms with E-state index < -0.39 is 16.1 Å². The molecule has 1 atom stereocenters. The van der Waals surface area contributed by atoms with Crippen LogP contribution in [0.2, 0.25) is 5.02 Å². The van der Waals surface area contributed by atoms with Crippen LogP contribution in [-0.4, -0.2) is 18.4 Å². The second kappa shape index (κ2) is 5.73. The Morgan fingerprint density at radius 1 is 1.42 bits per heavy atom. The van der Waals surface area contributed by atoms with E-state index in [4.69, 9.17) is 11.6 Å². The van der Waals surface area contributed by atoms with E-state index in [1.807, 2.05) is 6.92 Å². The molecule has 0 saturated heterocycles. The van der Waals surface area contributed by atoms with Crippen LogP contribution >= 0.6 is 11.6 Å². The van der Waals surface area contributed by atoms with Gasteiger partial charge in [-0.25, -0.2) is 18.1 Å². The van der Waals surface area contributed by atoms with E-state index in [0.717, 1.165) is 0 Å². The minimum Gasteiger partial charge on any atom is -0.347 e. The largest absolute Gasteiger partial charge is 0.347 e. The predicted molar refractivity (Wildman–Crippen MR) is 73.4 cm³/mol. The average molecular weight is 300 g/mol. The number of benzene rings is 1. The van der Waals surface area contributed by atoms with E-state index in [0.29, 0.717) is 12.2 Å². The lowest BCUT2D eigenvalue weighted by Crippen LogP contribution is -2.29. The number of rotatable bonds is 5. The Morgan fingerprint density at radius 3 is 2.74 bits per heavy atom. The molecule has 2 aromatic rings. The number of sulfonamides is 1. The third-order valence-electron chi connectivity index (χ3n) is 2.68. The van der Waals surface area contributed by atoms with Gasteiger partial charge in [-0.15, -0.1) is 0 Å². The second-order valence-corrected chi connectivity index (χ2v) is 6.08. The molecule has 1 unspecified atom stereocenters. The summed E-state index contributed by atoms with van der Waals surface area (Å²) in [5.74, 6) is 0.582. The fourth-order valence-electron chi connectivity index (χ4n) is 1.71. The molecular formula is C12H14ClN3O2S. The van der Waals surface area contributed by atoms with Gasteiger partial charge in [-0.05, 0) is 18.6 Å². The summed E-state index contributed by atoms with van der Waals surface area (Å²) in [6.45, 7) is 1.88. The first-order valence-electron chi connectivity index (χ1n) is 5.80. The molecule has 0 bridgehead atoms. The van der Waals surface area contributed by atoms with Gasteiger partial charge in [0, 0.05) is 12.4 Å². The van der Waals surface area contributed by atoms with Crippen LogP contribution in [-0.2, 0) is 10.0 Å². The van der Waals surface area contributed by atoms with E-state index in [2.05, 4.69) is 14.7 Å². The quantitative estimate of drug-likeness (QED) is 0.890. The maximum Gasteiger partial charge on any atom is 0.242 e. The van der Waals surface area contributed by atoms with Crippen molar-refractivity contribution < 1.29 is 8.42 Å². The highest BCUT2D eigenvalue weighted by Gasteiger charge is 2.23. The molecule has 0 saturated carbocycles. The maximum absolute atomic E-state index is 12.3. The van der Waals surface area contributed by atoms with Gasteiger partial charge in [0.15, 0.2) is 0 Å². The molecule has 0 amide bonds. The molecule has 0 aliphatic carbocycles. The third kappa shape index (κ3) is 3.15. The van der Waals surface area contributed by atoms with Gasteiger partial charge in [-0.3, -0.25) is 0 Å².